The third kappa shape index (κ3) is 6.03. The van der Waals surface area contributed by atoms with Gasteiger partial charge < -0.3 is 9.84 Å². The number of hydrogen-bond acceptors (Lipinski definition) is 4. The molecule has 0 aliphatic carbocycles. The zero-order valence-corrected chi connectivity index (χ0v) is 9.67. The van der Waals surface area contributed by atoms with Crippen molar-refractivity contribution in [1.29, 1.82) is 0 Å². The van der Waals surface area contributed by atoms with Crippen LogP contribution in [0.25, 0.3) is 0 Å². The topological polar surface area (TPSA) is 75.6 Å². The Morgan fingerprint density at radius 1 is 1.35 bits per heavy atom. The number of benzene rings is 1. The first kappa shape index (κ1) is 13.7. The monoisotopic (exact) mass is 267 g/mol. The highest BCUT2D eigenvalue weighted by Gasteiger charge is 2.25. The van der Waals surface area contributed by atoms with Gasteiger partial charge in [0.25, 0.3) is 0 Å². The summed E-state index contributed by atoms with van der Waals surface area (Å²) in [5.41, 5.74) is 0.288. The molecule has 8 heteroatoms. The summed E-state index contributed by atoms with van der Waals surface area (Å²) in [7, 11) is -3.38. The van der Waals surface area contributed by atoms with E-state index in [9.17, 15) is 17.2 Å². The standard InChI is InChI=1S/C9H11F2NO4S/c1-17(14,15)12-7-2-4-8(5-3-7)16-6-9(10,11)13/h2-5,12-13H,6H2,1H3. The molecular weight excluding hydrogens is 256 g/mol. The molecule has 0 spiro atoms. The molecular formula is C9H11F2NO4S. The number of rotatable bonds is 5. The van der Waals surface area contributed by atoms with E-state index in [0.29, 0.717) is 0 Å². The fraction of sp³-hybridized carbons (Fsp3) is 0.333. The van der Waals surface area contributed by atoms with Crippen LogP contribution in [-0.2, 0) is 10.0 Å². The molecule has 0 saturated carbocycles. The van der Waals surface area contributed by atoms with Crippen molar-refractivity contribution in [2.45, 2.75) is 6.11 Å². The van der Waals surface area contributed by atoms with Gasteiger partial charge in [0.2, 0.25) is 10.0 Å². The average molecular weight is 267 g/mol. The van der Waals surface area contributed by atoms with E-state index >= 15 is 0 Å². The minimum atomic E-state index is -3.90. The van der Waals surface area contributed by atoms with Gasteiger partial charge in [0, 0.05) is 5.69 Å². The second-order valence-electron chi connectivity index (χ2n) is 3.35. The lowest BCUT2D eigenvalue weighted by atomic mass is 10.3. The number of halogens is 2. The van der Waals surface area contributed by atoms with Crippen molar-refractivity contribution < 1.29 is 27.0 Å². The van der Waals surface area contributed by atoms with E-state index in [4.69, 9.17) is 5.11 Å². The highest BCUT2D eigenvalue weighted by Crippen LogP contribution is 2.18. The average Bonchev–Trinajstić information content (AvgIpc) is 2.13. The molecule has 0 fully saturated rings. The molecule has 0 heterocycles. The lowest BCUT2D eigenvalue weighted by molar-refractivity contribution is -0.216. The zero-order valence-electron chi connectivity index (χ0n) is 8.85. The summed E-state index contributed by atoms with van der Waals surface area (Å²) in [6, 6.07) is 5.32. The van der Waals surface area contributed by atoms with Crippen LogP contribution < -0.4 is 9.46 Å². The summed E-state index contributed by atoms with van der Waals surface area (Å²) < 4.78 is 52.6. The fourth-order valence-corrected chi connectivity index (χ4v) is 1.57. The van der Waals surface area contributed by atoms with E-state index < -0.39 is 22.7 Å². The number of alkyl halides is 2. The molecule has 0 radical (unpaired) electrons. The van der Waals surface area contributed by atoms with Crippen LogP contribution in [0.3, 0.4) is 0 Å². The van der Waals surface area contributed by atoms with E-state index in [1.54, 1.807) is 0 Å². The van der Waals surface area contributed by atoms with Crippen molar-refractivity contribution in [2.75, 3.05) is 17.6 Å². The summed E-state index contributed by atoms with van der Waals surface area (Å²) >= 11 is 0. The van der Waals surface area contributed by atoms with Crippen LogP contribution >= 0.6 is 0 Å². The smallest absolute Gasteiger partial charge is 0.387 e. The number of sulfonamides is 1. The van der Waals surface area contributed by atoms with Crippen LogP contribution in [0.4, 0.5) is 14.5 Å². The summed E-state index contributed by atoms with van der Waals surface area (Å²) in [5.74, 6) is 0.0952. The van der Waals surface area contributed by atoms with Gasteiger partial charge in [0.1, 0.15) is 5.75 Å². The molecule has 2 N–H and O–H groups in total. The molecule has 0 aliphatic rings. The van der Waals surface area contributed by atoms with Crippen molar-refractivity contribution in [1.82, 2.24) is 0 Å². The first-order valence-corrected chi connectivity index (χ1v) is 6.36. The molecule has 5 nitrogen and oxygen atoms in total. The summed E-state index contributed by atoms with van der Waals surface area (Å²) in [6.45, 7) is -1.16. The molecule has 1 rings (SSSR count). The molecule has 0 aliphatic heterocycles. The summed E-state index contributed by atoms with van der Waals surface area (Å²) in [6.07, 6.45) is -2.91. The maximum Gasteiger partial charge on any atom is 0.387 e. The minimum absolute atomic E-state index is 0.0952. The largest absolute Gasteiger partial charge is 0.484 e. The highest BCUT2D eigenvalue weighted by molar-refractivity contribution is 7.92. The SMILES string of the molecule is CS(=O)(=O)Nc1ccc(OCC(O)(F)F)cc1. The molecule has 0 aromatic heterocycles. The Bertz CT molecular complexity index is 467. The first-order valence-electron chi connectivity index (χ1n) is 4.46. The lowest BCUT2D eigenvalue weighted by Crippen LogP contribution is -2.24. The van der Waals surface area contributed by atoms with Crippen LogP contribution in [0.5, 0.6) is 5.75 Å². The maximum atomic E-state index is 12.0. The highest BCUT2D eigenvalue weighted by atomic mass is 32.2. The van der Waals surface area contributed by atoms with Crippen molar-refractivity contribution in [2.24, 2.45) is 0 Å². The Morgan fingerprint density at radius 2 is 1.88 bits per heavy atom. The normalized spacial score (nSPS) is 12.2. The van der Waals surface area contributed by atoms with Crippen LogP contribution in [0.15, 0.2) is 24.3 Å². The van der Waals surface area contributed by atoms with Crippen molar-refractivity contribution in [3.63, 3.8) is 0 Å². The summed E-state index contributed by atoms with van der Waals surface area (Å²) in [4.78, 5) is 0. The van der Waals surface area contributed by atoms with E-state index in [1.165, 1.54) is 24.3 Å². The number of nitrogens with one attached hydrogen (secondary N) is 1. The van der Waals surface area contributed by atoms with E-state index in [2.05, 4.69) is 9.46 Å². The van der Waals surface area contributed by atoms with Crippen molar-refractivity contribution in [3.05, 3.63) is 24.3 Å². The Kier molecular flexibility index (Phi) is 3.89. The Labute approximate surface area is 97.1 Å². The third-order valence-electron chi connectivity index (χ3n) is 1.57. The van der Waals surface area contributed by atoms with Crippen molar-refractivity contribution >= 4 is 15.7 Å². The quantitative estimate of drug-likeness (QED) is 0.835. The van der Waals surface area contributed by atoms with Gasteiger partial charge in [-0.15, -0.1) is 0 Å². The Morgan fingerprint density at radius 3 is 2.29 bits per heavy atom. The lowest BCUT2D eigenvalue weighted by Gasteiger charge is -2.11. The number of hydrogen-bond donors (Lipinski definition) is 2. The number of ether oxygens (including phenoxy) is 1. The van der Waals surface area contributed by atoms with Crippen molar-refractivity contribution in [3.8, 4) is 5.75 Å². The third-order valence-corrected chi connectivity index (χ3v) is 2.18. The molecule has 0 saturated heterocycles. The fourth-order valence-electron chi connectivity index (χ4n) is 1.00. The zero-order chi connectivity index (χ0) is 13.1. The number of anilines is 1. The van der Waals surface area contributed by atoms with Crippen LogP contribution in [0, 0.1) is 0 Å². The molecule has 96 valence electrons. The second kappa shape index (κ2) is 4.84. The molecule has 1 aromatic rings. The van der Waals surface area contributed by atoms with Crippen LogP contribution in [0.2, 0.25) is 0 Å². The maximum absolute atomic E-state index is 12.0. The summed E-state index contributed by atoms with van der Waals surface area (Å²) in [5, 5.41) is 8.14. The Hall–Kier alpha value is -1.41. The first-order chi connectivity index (χ1) is 7.66. The Balaban J connectivity index is 2.63. The van der Waals surface area contributed by atoms with E-state index in [-0.39, 0.29) is 11.4 Å². The molecule has 0 amide bonds. The van der Waals surface area contributed by atoms with Gasteiger partial charge in [-0.2, -0.15) is 8.78 Å². The number of aliphatic hydroxyl groups is 1. The van der Waals surface area contributed by atoms with E-state index in [0.717, 1.165) is 6.26 Å². The van der Waals surface area contributed by atoms with Gasteiger partial charge in [0.05, 0.1) is 6.26 Å². The molecule has 17 heavy (non-hydrogen) atoms. The van der Waals surface area contributed by atoms with Gasteiger partial charge in [-0.3, -0.25) is 4.72 Å². The van der Waals surface area contributed by atoms with Gasteiger partial charge in [-0.1, -0.05) is 0 Å². The van der Waals surface area contributed by atoms with Gasteiger partial charge >= 0.3 is 6.11 Å². The van der Waals surface area contributed by atoms with Gasteiger partial charge in [0.15, 0.2) is 6.61 Å². The molecule has 0 bridgehead atoms. The van der Waals surface area contributed by atoms with Gasteiger partial charge in [-0.25, -0.2) is 8.42 Å². The van der Waals surface area contributed by atoms with Gasteiger partial charge in [-0.05, 0) is 24.3 Å². The molecule has 0 unspecified atom stereocenters. The molecule has 0 atom stereocenters. The predicted molar refractivity (Wildman–Crippen MR) is 57.6 cm³/mol. The van der Waals surface area contributed by atoms with Crippen LogP contribution in [0.1, 0.15) is 0 Å². The van der Waals surface area contributed by atoms with E-state index in [1.807, 2.05) is 0 Å². The van der Waals surface area contributed by atoms with Crippen LogP contribution in [-0.4, -0.2) is 32.5 Å². The molecule has 1 aromatic carbocycles. The predicted octanol–water partition coefficient (Wildman–Crippen LogP) is 1.02. The second-order valence-corrected chi connectivity index (χ2v) is 5.10. The minimum Gasteiger partial charge on any atom is -0.484 e.